The van der Waals surface area contributed by atoms with Crippen LogP contribution in [0.25, 0.3) is 0 Å². The number of hydrogen-bond donors (Lipinski definition) is 2. The Balaban J connectivity index is 1.55. The SMILES string of the molecule is CCOC(=O)c1c(NC(=O)CSc2c(=O)o[nH][n+]2C)sc2c1CCC(c1ccccc1)C2. The number of nitrogens with zero attached hydrogens (tertiary/aromatic N) is 1. The Morgan fingerprint density at radius 1 is 1.34 bits per heavy atom. The van der Waals surface area contributed by atoms with Gasteiger partial charge in [-0.25, -0.2) is 9.59 Å². The van der Waals surface area contributed by atoms with E-state index in [1.54, 1.807) is 14.0 Å². The van der Waals surface area contributed by atoms with E-state index in [9.17, 15) is 14.4 Å². The van der Waals surface area contributed by atoms with Crippen LogP contribution in [0.2, 0.25) is 0 Å². The van der Waals surface area contributed by atoms with Gasteiger partial charge < -0.3 is 10.1 Å². The summed E-state index contributed by atoms with van der Waals surface area (Å²) in [6, 6.07) is 10.3. The second-order valence-electron chi connectivity index (χ2n) is 7.46. The molecule has 1 amide bonds. The van der Waals surface area contributed by atoms with Crippen molar-refractivity contribution in [2.45, 2.75) is 37.1 Å². The smallest absolute Gasteiger partial charge is 0.441 e. The molecule has 2 aromatic heterocycles. The molecule has 4 rings (SSSR count). The molecule has 1 aliphatic rings. The predicted octanol–water partition coefficient (Wildman–Crippen LogP) is 3.03. The third-order valence-corrected chi connectivity index (χ3v) is 7.65. The van der Waals surface area contributed by atoms with Crippen LogP contribution in [0.1, 0.15) is 45.6 Å². The van der Waals surface area contributed by atoms with Gasteiger partial charge in [0.1, 0.15) is 5.00 Å². The van der Waals surface area contributed by atoms with E-state index >= 15 is 0 Å². The number of thioether (sulfide) groups is 1. The fraction of sp³-hybridized carbons (Fsp3) is 0.364. The van der Waals surface area contributed by atoms with Gasteiger partial charge in [0.15, 0.2) is 7.05 Å². The predicted molar refractivity (Wildman–Crippen MR) is 121 cm³/mol. The average Bonchev–Trinajstić information content (AvgIpc) is 3.31. The van der Waals surface area contributed by atoms with Crippen LogP contribution >= 0.6 is 23.1 Å². The molecule has 10 heteroatoms. The Morgan fingerprint density at radius 2 is 2.12 bits per heavy atom. The molecular weight excluding hydrogens is 450 g/mol. The minimum Gasteiger partial charge on any atom is -0.462 e. The number of amides is 1. The standard InChI is InChI=1S/C22H23N3O5S2/c1-3-29-21(27)18-15-10-9-14(13-7-5-4-6-8-13)11-16(15)32-19(18)23-17(26)12-31-20-22(28)30-24-25(20)2/h4-8,14H,3,9-12H2,1-2H3,(H-,23,24,26,27,28)/p+1. The Morgan fingerprint density at radius 3 is 2.81 bits per heavy atom. The summed E-state index contributed by atoms with van der Waals surface area (Å²) in [6.07, 6.45) is 2.51. The highest BCUT2D eigenvalue weighted by Gasteiger charge is 2.31. The van der Waals surface area contributed by atoms with Gasteiger partial charge in [0, 0.05) is 4.88 Å². The molecule has 0 saturated heterocycles. The third-order valence-electron chi connectivity index (χ3n) is 5.36. The molecule has 0 fully saturated rings. The number of carbonyl (C=O) groups excluding carboxylic acids is 2. The molecule has 32 heavy (non-hydrogen) atoms. The number of esters is 1. The maximum atomic E-state index is 12.7. The minimum atomic E-state index is -0.531. The Bertz CT molecular complexity index is 1180. The maximum absolute atomic E-state index is 12.7. The van der Waals surface area contributed by atoms with Crippen molar-refractivity contribution in [1.29, 1.82) is 0 Å². The molecule has 1 atom stereocenters. The van der Waals surface area contributed by atoms with E-state index in [-0.39, 0.29) is 18.3 Å². The van der Waals surface area contributed by atoms with Crippen molar-refractivity contribution in [3.05, 3.63) is 62.3 Å². The third kappa shape index (κ3) is 4.66. The number of aromatic amines is 1. The first kappa shape index (κ1) is 22.3. The second-order valence-corrected chi connectivity index (χ2v) is 9.53. The van der Waals surface area contributed by atoms with Crippen molar-refractivity contribution in [2.24, 2.45) is 7.05 Å². The number of H-pyrrole nitrogens is 1. The maximum Gasteiger partial charge on any atom is 0.441 e. The second kappa shape index (κ2) is 9.74. The highest BCUT2D eigenvalue weighted by atomic mass is 32.2. The number of aryl methyl sites for hydroxylation is 1. The van der Waals surface area contributed by atoms with Gasteiger partial charge in [-0.2, -0.15) is 0 Å². The molecule has 1 aliphatic carbocycles. The van der Waals surface area contributed by atoms with Crippen molar-refractivity contribution in [1.82, 2.24) is 5.27 Å². The summed E-state index contributed by atoms with van der Waals surface area (Å²) in [5.74, 6) is -0.332. The molecule has 0 aliphatic heterocycles. The van der Waals surface area contributed by atoms with Crippen molar-refractivity contribution in [3.8, 4) is 0 Å². The Labute approximate surface area is 192 Å². The summed E-state index contributed by atoms with van der Waals surface area (Å²) >= 11 is 2.51. The number of aromatic nitrogens is 2. The molecule has 2 heterocycles. The summed E-state index contributed by atoms with van der Waals surface area (Å²) in [5, 5.41) is 6.09. The molecule has 0 radical (unpaired) electrons. The number of thiophene rings is 1. The van der Waals surface area contributed by atoms with Gasteiger partial charge >= 0.3 is 16.6 Å². The highest BCUT2D eigenvalue weighted by molar-refractivity contribution is 7.99. The van der Waals surface area contributed by atoms with Crippen molar-refractivity contribution in [3.63, 3.8) is 0 Å². The monoisotopic (exact) mass is 474 g/mol. The lowest BCUT2D eigenvalue weighted by Gasteiger charge is -2.23. The number of anilines is 1. The quantitative estimate of drug-likeness (QED) is 0.310. The van der Waals surface area contributed by atoms with E-state index in [2.05, 4.69) is 22.7 Å². The average molecular weight is 475 g/mol. The first-order valence-electron chi connectivity index (χ1n) is 10.3. The zero-order valence-corrected chi connectivity index (χ0v) is 19.4. The van der Waals surface area contributed by atoms with Crippen LogP contribution in [0.5, 0.6) is 0 Å². The summed E-state index contributed by atoms with van der Waals surface area (Å²) in [7, 11) is 1.63. The number of nitrogens with one attached hydrogen (secondary N) is 2. The molecule has 0 saturated carbocycles. The molecule has 168 valence electrons. The van der Waals surface area contributed by atoms with Gasteiger partial charge in [-0.05, 0) is 60.3 Å². The first-order chi connectivity index (χ1) is 15.5. The van der Waals surface area contributed by atoms with E-state index in [1.165, 1.54) is 21.6 Å². The molecular formula is C22H24N3O5S2+. The van der Waals surface area contributed by atoms with Crippen LogP contribution in [0.15, 0.2) is 44.7 Å². The normalized spacial score (nSPS) is 15.2. The number of ether oxygens (including phenoxy) is 1. The molecule has 3 aromatic rings. The van der Waals surface area contributed by atoms with Gasteiger partial charge in [-0.3, -0.25) is 9.32 Å². The van der Waals surface area contributed by atoms with Gasteiger partial charge in [-0.15, -0.1) is 11.3 Å². The van der Waals surface area contributed by atoms with Crippen molar-refractivity contribution >= 4 is 40.0 Å². The molecule has 2 N–H and O–H groups in total. The van der Waals surface area contributed by atoms with E-state index in [4.69, 9.17) is 9.26 Å². The number of carbonyl (C=O) groups is 2. The summed E-state index contributed by atoms with van der Waals surface area (Å²) in [4.78, 5) is 38.1. The highest BCUT2D eigenvalue weighted by Crippen LogP contribution is 2.42. The van der Waals surface area contributed by atoms with Crippen LogP contribution in [0, 0.1) is 0 Å². The van der Waals surface area contributed by atoms with E-state index in [1.807, 2.05) is 18.2 Å². The fourth-order valence-electron chi connectivity index (χ4n) is 3.89. The van der Waals surface area contributed by atoms with Crippen molar-refractivity contribution < 1.29 is 23.5 Å². The molecule has 1 unspecified atom stereocenters. The van der Waals surface area contributed by atoms with Crippen LogP contribution in [0.3, 0.4) is 0 Å². The van der Waals surface area contributed by atoms with Crippen LogP contribution in [0.4, 0.5) is 5.00 Å². The molecule has 0 spiro atoms. The van der Waals surface area contributed by atoms with Gasteiger partial charge in [0.2, 0.25) is 5.91 Å². The lowest BCUT2D eigenvalue weighted by Crippen LogP contribution is -2.34. The van der Waals surface area contributed by atoms with Gasteiger partial charge in [0.05, 0.1) is 17.9 Å². The van der Waals surface area contributed by atoms with E-state index in [0.29, 0.717) is 21.5 Å². The summed E-state index contributed by atoms with van der Waals surface area (Å²) < 4.78 is 11.4. The van der Waals surface area contributed by atoms with Crippen LogP contribution in [-0.4, -0.2) is 29.5 Å². The lowest BCUT2D eigenvalue weighted by atomic mass is 9.83. The molecule has 8 nitrogen and oxygen atoms in total. The first-order valence-corrected chi connectivity index (χ1v) is 12.1. The fourth-order valence-corrected chi connectivity index (χ4v) is 5.95. The van der Waals surface area contributed by atoms with Crippen molar-refractivity contribution in [2.75, 3.05) is 17.7 Å². The van der Waals surface area contributed by atoms with Gasteiger partial charge in [-0.1, -0.05) is 35.0 Å². The van der Waals surface area contributed by atoms with Gasteiger partial charge in [0.25, 0.3) is 0 Å². The van der Waals surface area contributed by atoms with E-state index in [0.717, 1.165) is 41.5 Å². The topological polar surface area (TPSA) is 105 Å². The number of fused-ring (bicyclic) bond motifs is 1. The summed E-state index contributed by atoms with van der Waals surface area (Å²) in [6.45, 7) is 2.03. The zero-order valence-electron chi connectivity index (χ0n) is 17.8. The molecule has 1 aromatic carbocycles. The summed E-state index contributed by atoms with van der Waals surface area (Å²) in [5.41, 5.74) is 2.19. The number of benzene rings is 1. The zero-order chi connectivity index (χ0) is 22.7. The van der Waals surface area contributed by atoms with E-state index < -0.39 is 11.6 Å². The Kier molecular flexibility index (Phi) is 6.80. The largest absolute Gasteiger partial charge is 0.462 e. The number of hydrogen-bond acceptors (Lipinski definition) is 7. The minimum absolute atomic E-state index is 0.00786. The Hall–Kier alpha value is -2.85. The lowest BCUT2D eigenvalue weighted by molar-refractivity contribution is -0.772. The molecule has 0 bridgehead atoms. The van der Waals surface area contributed by atoms with Crippen LogP contribution < -0.4 is 15.6 Å². The van der Waals surface area contributed by atoms with Crippen LogP contribution in [-0.2, 0) is 29.4 Å². The number of rotatable bonds is 7.